The molecule has 0 N–H and O–H groups in total. The molecule has 0 atom stereocenters. The summed E-state index contributed by atoms with van der Waals surface area (Å²) in [5, 5.41) is 0. The minimum absolute atomic E-state index is 0.0224. The van der Waals surface area contributed by atoms with E-state index in [0.29, 0.717) is 18.8 Å². The summed E-state index contributed by atoms with van der Waals surface area (Å²) in [6, 6.07) is 13.3. The predicted octanol–water partition coefficient (Wildman–Crippen LogP) is 2.08. The third-order valence-electron chi connectivity index (χ3n) is 4.97. The zero-order chi connectivity index (χ0) is 22.4. The molecule has 0 radical (unpaired) electrons. The maximum absolute atomic E-state index is 12.9. The van der Waals surface area contributed by atoms with Crippen LogP contribution in [0, 0.1) is 6.92 Å². The van der Waals surface area contributed by atoms with Crippen LogP contribution in [-0.2, 0) is 19.6 Å². The van der Waals surface area contributed by atoms with Gasteiger partial charge in [0, 0.05) is 33.1 Å². The fraction of sp³-hybridized carbons (Fsp3) is 0.364. The number of hydrogen-bond acceptors (Lipinski definition) is 6. The van der Waals surface area contributed by atoms with Gasteiger partial charge in [-0.25, -0.2) is 13.2 Å². The first kappa shape index (κ1) is 22.8. The Hall–Kier alpha value is -2.91. The van der Waals surface area contributed by atoms with Gasteiger partial charge >= 0.3 is 5.97 Å². The molecular weight excluding hydrogens is 420 g/mol. The number of ether oxygens (including phenoxy) is 2. The lowest BCUT2D eigenvalue weighted by Crippen LogP contribution is -2.49. The van der Waals surface area contributed by atoms with E-state index < -0.39 is 16.0 Å². The summed E-state index contributed by atoms with van der Waals surface area (Å²) >= 11 is 0. The Labute approximate surface area is 182 Å². The molecule has 9 heteroatoms. The standard InChI is InChI=1S/C22H26N2O6S/c1-17-5-3-7-20(15-17)29-13-14-30-22(26)19-6-4-8-21(16-19)31(27,28)24-11-9-23(10-12-24)18(2)25/h3-8,15-16H,9-14H2,1-2H3. The van der Waals surface area contributed by atoms with E-state index in [1.165, 1.54) is 35.5 Å². The monoisotopic (exact) mass is 446 g/mol. The van der Waals surface area contributed by atoms with Crippen LogP contribution < -0.4 is 4.74 Å². The molecule has 3 rings (SSSR count). The number of aryl methyl sites for hydroxylation is 1. The van der Waals surface area contributed by atoms with Crippen molar-refractivity contribution in [3.05, 3.63) is 59.7 Å². The summed E-state index contributed by atoms with van der Waals surface area (Å²) in [6.45, 7) is 4.76. The minimum atomic E-state index is -3.77. The molecule has 0 bridgehead atoms. The normalized spacial score (nSPS) is 14.8. The van der Waals surface area contributed by atoms with Gasteiger partial charge in [0.2, 0.25) is 15.9 Å². The highest BCUT2D eigenvalue weighted by molar-refractivity contribution is 7.89. The van der Waals surface area contributed by atoms with Crippen LogP contribution in [0.15, 0.2) is 53.4 Å². The van der Waals surface area contributed by atoms with Gasteiger partial charge in [-0.1, -0.05) is 18.2 Å². The largest absolute Gasteiger partial charge is 0.490 e. The van der Waals surface area contributed by atoms with Gasteiger partial charge < -0.3 is 14.4 Å². The van der Waals surface area contributed by atoms with Crippen molar-refractivity contribution in [2.24, 2.45) is 0 Å². The number of carbonyl (C=O) groups is 2. The maximum Gasteiger partial charge on any atom is 0.338 e. The highest BCUT2D eigenvalue weighted by atomic mass is 32.2. The first-order valence-corrected chi connectivity index (χ1v) is 11.4. The zero-order valence-corrected chi connectivity index (χ0v) is 18.4. The second kappa shape index (κ2) is 9.93. The van der Waals surface area contributed by atoms with Crippen LogP contribution in [0.2, 0.25) is 0 Å². The Bertz CT molecular complexity index is 1050. The SMILES string of the molecule is CC(=O)N1CCN(S(=O)(=O)c2cccc(C(=O)OCCOc3cccc(C)c3)c2)CC1. The Morgan fingerprint density at radius 2 is 1.68 bits per heavy atom. The number of rotatable bonds is 7. The first-order chi connectivity index (χ1) is 14.8. The molecule has 2 aromatic carbocycles. The van der Waals surface area contributed by atoms with Crippen molar-refractivity contribution in [1.82, 2.24) is 9.21 Å². The van der Waals surface area contributed by atoms with Gasteiger partial charge in [-0.2, -0.15) is 4.31 Å². The van der Waals surface area contributed by atoms with Gasteiger partial charge in [-0.05, 0) is 42.8 Å². The Morgan fingerprint density at radius 3 is 2.35 bits per heavy atom. The third kappa shape index (κ3) is 5.83. The zero-order valence-electron chi connectivity index (χ0n) is 17.6. The van der Waals surface area contributed by atoms with Gasteiger partial charge in [0.25, 0.3) is 0 Å². The lowest BCUT2D eigenvalue weighted by molar-refractivity contribution is -0.129. The third-order valence-corrected chi connectivity index (χ3v) is 6.86. The van der Waals surface area contributed by atoms with Gasteiger partial charge in [0.1, 0.15) is 19.0 Å². The summed E-state index contributed by atoms with van der Waals surface area (Å²) in [6.07, 6.45) is 0. The van der Waals surface area contributed by atoms with E-state index in [4.69, 9.17) is 9.47 Å². The summed E-state index contributed by atoms with van der Waals surface area (Å²) in [7, 11) is -3.77. The molecule has 1 aliphatic rings. The van der Waals surface area contributed by atoms with Crippen LogP contribution in [0.4, 0.5) is 0 Å². The van der Waals surface area contributed by atoms with E-state index in [2.05, 4.69) is 0 Å². The average Bonchev–Trinajstić information content (AvgIpc) is 2.77. The molecular formula is C22H26N2O6S. The molecule has 166 valence electrons. The van der Waals surface area contributed by atoms with E-state index in [1.807, 2.05) is 31.2 Å². The number of esters is 1. The quantitative estimate of drug-likeness (QED) is 0.478. The second-order valence-electron chi connectivity index (χ2n) is 7.24. The molecule has 0 spiro atoms. The van der Waals surface area contributed by atoms with Crippen molar-refractivity contribution in [3.63, 3.8) is 0 Å². The number of piperazine rings is 1. The fourth-order valence-electron chi connectivity index (χ4n) is 3.26. The summed E-state index contributed by atoms with van der Waals surface area (Å²) in [4.78, 5) is 25.4. The van der Waals surface area contributed by atoms with E-state index in [9.17, 15) is 18.0 Å². The van der Waals surface area contributed by atoms with Crippen molar-refractivity contribution < 1.29 is 27.5 Å². The maximum atomic E-state index is 12.9. The van der Waals surface area contributed by atoms with Gasteiger partial charge in [-0.3, -0.25) is 4.79 Å². The van der Waals surface area contributed by atoms with Gasteiger partial charge in [-0.15, -0.1) is 0 Å². The number of nitrogens with zero attached hydrogens (tertiary/aromatic N) is 2. The lowest BCUT2D eigenvalue weighted by atomic mass is 10.2. The van der Waals surface area contributed by atoms with Crippen LogP contribution in [0.25, 0.3) is 0 Å². The van der Waals surface area contributed by atoms with E-state index in [-0.39, 0.29) is 42.7 Å². The Kier molecular flexibility index (Phi) is 7.29. The van der Waals surface area contributed by atoms with Crippen molar-refractivity contribution in [2.45, 2.75) is 18.7 Å². The minimum Gasteiger partial charge on any atom is -0.490 e. The molecule has 1 saturated heterocycles. The van der Waals surface area contributed by atoms with Gasteiger partial charge in [0.15, 0.2) is 0 Å². The van der Waals surface area contributed by atoms with E-state index in [0.717, 1.165) is 5.56 Å². The molecule has 0 aliphatic carbocycles. The summed E-state index contributed by atoms with van der Waals surface area (Å²) < 4.78 is 38.0. The van der Waals surface area contributed by atoms with Crippen molar-refractivity contribution in [1.29, 1.82) is 0 Å². The second-order valence-corrected chi connectivity index (χ2v) is 9.18. The Balaban J connectivity index is 1.57. The highest BCUT2D eigenvalue weighted by Gasteiger charge is 2.29. The predicted molar refractivity (Wildman–Crippen MR) is 114 cm³/mol. The summed E-state index contributed by atoms with van der Waals surface area (Å²) in [5.41, 5.74) is 1.22. The molecule has 1 fully saturated rings. The average molecular weight is 447 g/mol. The Morgan fingerprint density at radius 1 is 0.968 bits per heavy atom. The van der Waals surface area contributed by atoms with E-state index in [1.54, 1.807) is 4.90 Å². The first-order valence-electron chi connectivity index (χ1n) is 10.00. The fourth-order valence-corrected chi connectivity index (χ4v) is 4.73. The highest BCUT2D eigenvalue weighted by Crippen LogP contribution is 2.19. The summed E-state index contributed by atoms with van der Waals surface area (Å²) in [5.74, 6) is -0.00605. The number of amides is 1. The lowest BCUT2D eigenvalue weighted by Gasteiger charge is -2.33. The van der Waals surface area contributed by atoms with Crippen molar-refractivity contribution >= 4 is 21.9 Å². The molecule has 1 aliphatic heterocycles. The van der Waals surface area contributed by atoms with E-state index >= 15 is 0 Å². The van der Waals surface area contributed by atoms with Crippen LogP contribution in [-0.4, -0.2) is 68.9 Å². The van der Waals surface area contributed by atoms with Crippen molar-refractivity contribution in [2.75, 3.05) is 39.4 Å². The molecule has 1 heterocycles. The number of benzene rings is 2. The molecule has 31 heavy (non-hydrogen) atoms. The van der Waals surface area contributed by atoms with Crippen LogP contribution in [0.5, 0.6) is 5.75 Å². The molecule has 8 nitrogen and oxygen atoms in total. The topological polar surface area (TPSA) is 93.2 Å². The van der Waals surface area contributed by atoms with Crippen molar-refractivity contribution in [3.8, 4) is 5.75 Å². The van der Waals surface area contributed by atoms with Crippen LogP contribution in [0.1, 0.15) is 22.8 Å². The smallest absolute Gasteiger partial charge is 0.338 e. The van der Waals surface area contributed by atoms with Crippen LogP contribution >= 0.6 is 0 Å². The number of hydrogen-bond donors (Lipinski definition) is 0. The van der Waals surface area contributed by atoms with Gasteiger partial charge in [0.05, 0.1) is 10.5 Å². The molecule has 0 saturated carbocycles. The molecule has 0 aromatic heterocycles. The number of carbonyl (C=O) groups excluding carboxylic acids is 2. The molecule has 2 aromatic rings. The van der Waals surface area contributed by atoms with Crippen LogP contribution in [0.3, 0.4) is 0 Å². The molecule has 0 unspecified atom stereocenters. The number of sulfonamides is 1. The molecule has 1 amide bonds.